The Labute approximate surface area is 164 Å². The zero-order valence-corrected chi connectivity index (χ0v) is 16.4. The van der Waals surface area contributed by atoms with Crippen LogP contribution >= 0.6 is 11.8 Å². The smallest absolute Gasteiger partial charge is 0.254 e. The van der Waals surface area contributed by atoms with Crippen LogP contribution in [0, 0.1) is 0 Å². The maximum Gasteiger partial charge on any atom is 0.254 e. The summed E-state index contributed by atoms with van der Waals surface area (Å²) < 4.78 is 0. The highest BCUT2D eigenvalue weighted by Crippen LogP contribution is 2.44. The molecule has 2 aromatic heterocycles. The summed E-state index contributed by atoms with van der Waals surface area (Å²) in [5.74, 6) is 3.24. The topological polar surface area (TPSA) is 61.9 Å². The zero-order chi connectivity index (χ0) is 18.3. The molecule has 0 amide bonds. The van der Waals surface area contributed by atoms with Gasteiger partial charge in [-0.05, 0) is 68.7 Å². The number of hydrogen-bond acceptors (Lipinski definition) is 5. The number of H-pyrrole nitrogens is 1. The van der Waals surface area contributed by atoms with Crippen LogP contribution in [-0.2, 0) is 11.8 Å². The molecule has 0 radical (unpaired) electrons. The number of nitrogens with zero attached hydrogens (tertiary/aromatic N) is 3. The van der Waals surface area contributed by atoms with Crippen LogP contribution in [0.3, 0.4) is 0 Å². The summed E-state index contributed by atoms with van der Waals surface area (Å²) in [7, 11) is 0. The Kier molecular flexibility index (Phi) is 4.56. The molecule has 2 aromatic rings. The summed E-state index contributed by atoms with van der Waals surface area (Å²) in [5, 5.41) is 0. The molecular formula is C21H26N4OS. The van der Waals surface area contributed by atoms with Crippen molar-refractivity contribution in [3.8, 4) is 11.4 Å². The van der Waals surface area contributed by atoms with Crippen LogP contribution in [0.15, 0.2) is 29.3 Å². The van der Waals surface area contributed by atoms with Gasteiger partial charge in [0.05, 0.1) is 5.69 Å². The lowest BCUT2D eigenvalue weighted by atomic mass is 9.77. The third kappa shape index (κ3) is 3.13. The molecule has 1 aliphatic carbocycles. The summed E-state index contributed by atoms with van der Waals surface area (Å²) in [6.45, 7) is 2.27. The van der Waals surface area contributed by atoms with Crippen molar-refractivity contribution in [1.29, 1.82) is 0 Å². The van der Waals surface area contributed by atoms with Gasteiger partial charge in [-0.3, -0.25) is 14.7 Å². The second kappa shape index (κ2) is 7.06. The van der Waals surface area contributed by atoms with Gasteiger partial charge in [-0.25, -0.2) is 4.98 Å². The molecule has 5 nitrogen and oxygen atoms in total. The molecular weight excluding hydrogens is 356 g/mol. The zero-order valence-electron chi connectivity index (χ0n) is 15.6. The van der Waals surface area contributed by atoms with Gasteiger partial charge in [0.1, 0.15) is 5.82 Å². The lowest BCUT2D eigenvalue weighted by molar-refractivity contribution is 0.0943. The van der Waals surface area contributed by atoms with Crippen LogP contribution in [0.25, 0.3) is 11.4 Å². The predicted octanol–water partition coefficient (Wildman–Crippen LogP) is 3.01. The quantitative estimate of drug-likeness (QED) is 0.865. The third-order valence-corrected chi connectivity index (χ3v) is 7.67. The van der Waals surface area contributed by atoms with E-state index in [1.165, 1.54) is 37.3 Å². The normalized spacial score (nSPS) is 26.4. The molecule has 0 bridgehead atoms. The number of thioether (sulfide) groups is 1. The Morgan fingerprint density at radius 3 is 2.96 bits per heavy atom. The predicted molar refractivity (Wildman–Crippen MR) is 109 cm³/mol. The lowest BCUT2D eigenvalue weighted by Gasteiger charge is -2.45. The highest BCUT2D eigenvalue weighted by atomic mass is 32.2. The molecule has 1 N–H and O–H groups in total. The van der Waals surface area contributed by atoms with E-state index in [0.29, 0.717) is 11.9 Å². The van der Waals surface area contributed by atoms with Crippen molar-refractivity contribution in [2.75, 3.05) is 24.6 Å². The molecule has 27 heavy (non-hydrogen) atoms. The van der Waals surface area contributed by atoms with Crippen molar-refractivity contribution >= 4 is 11.8 Å². The molecule has 2 saturated heterocycles. The first-order valence-electron chi connectivity index (χ1n) is 10.1. The Morgan fingerprint density at radius 2 is 2.15 bits per heavy atom. The van der Waals surface area contributed by atoms with Gasteiger partial charge in [-0.2, -0.15) is 11.8 Å². The maximum atomic E-state index is 12.8. The number of aromatic nitrogens is 3. The van der Waals surface area contributed by atoms with Gasteiger partial charge in [0.2, 0.25) is 0 Å². The monoisotopic (exact) mass is 382 g/mol. The number of nitrogens with one attached hydrogen (secondary N) is 1. The summed E-state index contributed by atoms with van der Waals surface area (Å²) in [5.41, 5.74) is 2.98. The van der Waals surface area contributed by atoms with Gasteiger partial charge in [-0.15, -0.1) is 0 Å². The molecule has 2 aliphatic heterocycles. The average Bonchev–Trinajstić information content (AvgIpc) is 3.07. The first kappa shape index (κ1) is 17.4. The summed E-state index contributed by atoms with van der Waals surface area (Å²) in [6, 6.07) is 4.57. The first-order valence-corrected chi connectivity index (χ1v) is 11.3. The molecule has 1 spiro atoms. The molecule has 6 heteroatoms. The average molecular weight is 383 g/mol. The van der Waals surface area contributed by atoms with Gasteiger partial charge >= 0.3 is 0 Å². The number of aromatic amines is 1. The van der Waals surface area contributed by atoms with Gasteiger partial charge in [0.25, 0.3) is 5.56 Å². The van der Waals surface area contributed by atoms with E-state index >= 15 is 0 Å². The van der Waals surface area contributed by atoms with Crippen LogP contribution in [0.1, 0.15) is 43.4 Å². The van der Waals surface area contributed by atoms with Crippen molar-refractivity contribution in [3.63, 3.8) is 0 Å². The Balaban J connectivity index is 1.51. The number of rotatable bonds is 2. The number of piperidine rings is 1. The fourth-order valence-corrected chi connectivity index (χ4v) is 6.30. The van der Waals surface area contributed by atoms with E-state index in [4.69, 9.17) is 4.98 Å². The highest BCUT2D eigenvalue weighted by Gasteiger charge is 2.45. The third-order valence-electron chi connectivity index (χ3n) is 6.62. The van der Waals surface area contributed by atoms with Crippen molar-refractivity contribution < 1.29 is 0 Å². The minimum atomic E-state index is 0.0434. The van der Waals surface area contributed by atoms with E-state index in [1.54, 1.807) is 12.4 Å². The molecule has 142 valence electrons. The second-order valence-corrected chi connectivity index (χ2v) is 9.41. The van der Waals surface area contributed by atoms with E-state index in [9.17, 15) is 4.79 Å². The molecule has 2 fully saturated rings. The molecule has 0 saturated carbocycles. The molecule has 4 heterocycles. The standard InChI is InChI=1S/C21H26N4OS/c26-20-17-4-8-21(7-2-10-25(14-21)16-5-11-27-12-6-16)18(17)23-19(24-20)15-3-1-9-22-13-15/h1,3,9,13,16H,2,4-8,10-12,14H2,(H,23,24,26). The van der Waals surface area contributed by atoms with Crippen LogP contribution in [0.4, 0.5) is 0 Å². The van der Waals surface area contributed by atoms with E-state index in [2.05, 4.69) is 26.6 Å². The number of fused-ring (bicyclic) bond motifs is 2. The summed E-state index contributed by atoms with van der Waals surface area (Å²) in [6.07, 6.45) is 10.4. The van der Waals surface area contributed by atoms with Crippen LogP contribution in [-0.4, -0.2) is 50.5 Å². The van der Waals surface area contributed by atoms with Crippen molar-refractivity contribution in [1.82, 2.24) is 19.9 Å². The summed E-state index contributed by atoms with van der Waals surface area (Å²) in [4.78, 5) is 27.7. The maximum absolute atomic E-state index is 12.8. The van der Waals surface area contributed by atoms with E-state index in [1.807, 2.05) is 12.1 Å². The summed E-state index contributed by atoms with van der Waals surface area (Å²) >= 11 is 2.09. The lowest BCUT2D eigenvalue weighted by Crippen LogP contribution is -2.50. The molecule has 1 atom stereocenters. The van der Waals surface area contributed by atoms with Crippen LogP contribution in [0.5, 0.6) is 0 Å². The fraction of sp³-hybridized carbons (Fsp3) is 0.571. The van der Waals surface area contributed by atoms with E-state index in [-0.39, 0.29) is 11.0 Å². The van der Waals surface area contributed by atoms with Crippen LogP contribution < -0.4 is 5.56 Å². The second-order valence-electron chi connectivity index (χ2n) is 8.18. The Bertz CT molecular complexity index is 877. The molecule has 5 rings (SSSR count). The fourth-order valence-electron chi connectivity index (χ4n) is 5.22. The SMILES string of the molecule is O=c1[nH]c(-c2cccnc2)nc2c1CCC21CCCN(C2CCSCC2)C1. The highest BCUT2D eigenvalue weighted by molar-refractivity contribution is 7.99. The Morgan fingerprint density at radius 1 is 1.26 bits per heavy atom. The number of pyridine rings is 1. The first-order chi connectivity index (χ1) is 13.3. The van der Waals surface area contributed by atoms with Crippen LogP contribution in [0.2, 0.25) is 0 Å². The largest absolute Gasteiger partial charge is 0.306 e. The molecule has 1 unspecified atom stereocenters. The van der Waals surface area contributed by atoms with Gasteiger partial charge < -0.3 is 4.98 Å². The number of hydrogen-bond donors (Lipinski definition) is 1. The minimum absolute atomic E-state index is 0.0434. The van der Waals surface area contributed by atoms with Gasteiger partial charge in [0, 0.05) is 41.5 Å². The Hall–Kier alpha value is -1.66. The van der Waals surface area contributed by atoms with Crippen molar-refractivity contribution in [3.05, 3.63) is 46.1 Å². The molecule has 3 aliphatic rings. The minimum Gasteiger partial charge on any atom is -0.306 e. The van der Waals surface area contributed by atoms with Gasteiger partial charge in [0.15, 0.2) is 0 Å². The number of likely N-dealkylation sites (tertiary alicyclic amines) is 1. The molecule has 0 aromatic carbocycles. The van der Waals surface area contributed by atoms with Crippen molar-refractivity contribution in [2.24, 2.45) is 0 Å². The van der Waals surface area contributed by atoms with Crippen molar-refractivity contribution in [2.45, 2.75) is 50.0 Å². The van der Waals surface area contributed by atoms with E-state index < -0.39 is 0 Å². The van der Waals surface area contributed by atoms with Gasteiger partial charge in [-0.1, -0.05) is 0 Å². The van der Waals surface area contributed by atoms with E-state index in [0.717, 1.165) is 42.6 Å².